The zero-order valence-corrected chi connectivity index (χ0v) is 15.9. The zero-order valence-electron chi connectivity index (χ0n) is 15.9. The molecule has 1 aromatic heterocycles. The lowest BCUT2D eigenvalue weighted by molar-refractivity contribution is 0.123. The first-order valence-electron chi connectivity index (χ1n) is 9.56. The van der Waals surface area contributed by atoms with Crippen LogP contribution in [0.15, 0.2) is 54.7 Å². The van der Waals surface area contributed by atoms with Gasteiger partial charge in [-0.05, 0) is 36.2 Å². The summed E-state index contributed by atoms with van der Waals surface area (Å²) in [6.07, 6.45) is 2.64. The molecule has 0 saturated carbocycles. The number of para-hydroxylation sites is 2. The molecule has 0 amide bonds. The number of nitrogens with zero attached hydrogens (tertiary/aromatic N) is 4. The molecule has 7 nitrogen and oxygen atoms in total. The van der Waals surface area contributed by atoms with Crippen LogP contribution in [0.4, 0.5) is 28.8 Å². The van der Waals surface area contributed by atoms with Gasteiger partial charge in [-0.2, -0.15) is 10.1 Å². The van der Waals surface area contributed by atoms with E-state index < -0.39 is 0 Å². The topological polar surface area (TPSA) is 75.2 Å². The van der Waals surface area contributed by atoms with Crippen LogP contribution in [0.3, 0.4) is 0 Å². The maximum absolute atomic E-state index is 5.47. The smallest absolute Gasteiger partial charge is 0.249 e. The fraction of sp³-hybridized carbons (Fsp3) is 0.286. The molecular weight excluding hydrogens is 352 g/mol. The van der Waals surface area contributed by atoms with Gasteiger partial charge in [0.25, 0.3) is 0 Å². The Bertz CT molecular complexity index is 909. The quantitative estimate of drug-likeness (QED) is 0.678. The van der Waals surface area contributed by atoms with Gasteiger partial charge in [0.15, 0.2) is 5.82 Å². The summed E-state index contributed by atoms with van der Waals surface area (Å²) in [5, 5.41) is 14.8. The average molecular weight is 376 g/mol. The number of benzene rings is 2. The standard InChI is InChI=1S/C21H24N6O/c1-2-16-7-9-17(10-8-16)23-21-25-20(15-22-26-21)24-18-5-3-4-6-19(18)27-11-13-28-14-12-27/h3-10,15H,2,11-14H2,1H3,(H2,23,24,25,26). The SMILES string of the molecule is CCc1ccc(Nc2nncc(Nc3ccccc3N3CCOCC3)n2)cc1. The molecule has 2 heterocycles. The number of aromatic nitrogens is 3. The first-order chi connectivity index (χ1) is 13.8. The lowest BCUT2D eigenvalue weighted by Crippen LogP contribution is -2.36. The summed E-state index contributed by atoms with van der Waals surface area (Å²) >= 11 is 0. The molecule has 1 saturated heterocycles. The van der Waals surface area contributed by atoms with Crippen molar-refractivity contribution in [1.29, 1.82) is 0 Å². The largest absolute Gasteiger partial charge is 0.378 e. The van der Waals surface area contributed by atoms with Crippen molar-refractivity contribution < 1.29 is 4.74 Å². The molecule has 1 aliphatic rings. The molecule has 28 heavy (non-hydrogen) atoms. The van der Waals surface area contributed by atoms with E-state index in [-0.39, 0.29) is 0 Å². The van der Waals surface area contributed by atoms with Crippen molar-refractivity contribution in [3.63, 3.8) is 0 Å². The Labute approximate surface area is 164 Å². The van der Waals surface area contributed by atoms with Crippen molar-refractivity contribution in [2.45, 2.75) is 13.3 Å². The summed E-state index contributed by atoms with van der Waals surface area (Å²) < 4.78 is 5.47. The Morgan fingerprint density at radius 1 is 1.00 bits per heavy atom. The van der Waals surface area contributed by atoms with Crippen LogP contribution in [0.5, 0.6) is 0 Å². The lowest BCUT2D eigenvalue weighted by Gasteiger charge is -2.30. The Morgan fingerprint density at radius 2 is 1.79 bits per heavy atom. The number of aryl methyl sites for hydroxylation is 1. The van der Waals surface area contributed by atoms with E-state index in [1.54, 1.807) is 6.20 Å². The highest BCUT2D eigenvalue weighted by Gasteiger charge is 2.15. The fourth-order valence-corrected chi connectivity index (χ4v) is 3.17. The van der Waals surface area contributed by atoms with Gasteiger partial charge in [0.2, 0.25) is 5.95 Å². The molecule has 0 aliphatic carbocycles. The molecule has 1 fully saturated rings. The number of rotatable bonds is 6. The Kier molecular flexibility index (Phi) is 5.63. The Morgan fingerprint density at radius 3 is 2.57 bits per heavy atom. The van der Waals surface area contributed by atoms with Crippen LogP contribution >= 0.6 is 0 Å². The summed E-state index contributed by atoms with van der Waals surface area (Å²) in [4.78, 5) is 6.87. The van der Waals surface area contributed by atoms with Gasteiger partial charge < -0.3 is 20.3 Å². The molecule has 0 unspecified atom stereocenters. The van der Waals surface area contributed by atoms with E-state index in [1.807, 2.05) is 30.3 Å². The second-order valence-electron chi connectivity index (χ2n) is 6.58. The van der Waals surface area contributed by atoms with Crippen molar-refractivity contribution in [2.75, 3.05) is 41.8 Å². The van der Waals surface area contributed by atoms with Gasteiger partial charge in [0.1, 0.15) is 0 Å². The minimum atomic E-state index is 0.457. The van der Waals surface area contributed by atoms with Gasteiger partial charge >= 0.3 is 0 Å². The van der Waals surface area contributed by atoms with Gasteiger partial charge in [-0.1, -0.05) is 31.2 Å². The van der Waals surface area contributed by atoms with Crippen molar-refractivity contribution >= 4 is 28.8 Å². The van der Waals surface area contributed by atoms with Crippen molar-refractivity contribution in [3.05, 3.63) is 60.3 Å². The molecule has 2 aromatic carbocycles. The molecule has 0 radical (unpaired) electrons. The Hall–Kier alpha value is -3.19. The first-order valence-corrected chi connectivity index (χ1v) is 9.56. The molecule has 144 valence electrons. The maximum atomic E-state index is 5.47. The molecule has 0 spiro atoms. The molecular formula is C21H24N6O. The highest BCUT2D eigenvalue weighted by molar-refractivity contribution is 5.74. The van der Waals surface area contributed by atoms with Crippen LogP contribution in [-0.4, -0.2) is 41.5 Å². The summed E-state index contributed by atoms with van der Waals surface area (Å²) in [6.45, 7) is 5.38. The van der Waals surface area contributed by atoms with Crippen LogP contribution in [-0.2, 0) is 11.2 Å². The van der Waals surface area contributed by atoms with Gasteiger partial charge in [-0.25, -0.2) is 0 Å². The predicted octanol–water partition coefficient (Wildman–Crippen LogP) is 3.76. The number of hydrogen-bond donors (Lipinski definition) is 2. The predicted molar refractivity (Wildman–Crippen MR) is 112 cm³/mol. The van der Waals surface area contributed by atoms with Gasteiger partial charge in [-0.15, -0.1) is 5.10 Å². The monoisotopic (exact) mass is 376 g/mol. The molecule has 3 aromatic rings. The minimum Gasteiger partial charge on any atom is -0.378 e. The van der Waals surface area contributed by atoms with Crippen LogP contribution in [0, 0.1) is 0 Å². The lowest BCUT2D eigenvalue weighted by atomic mass is 10.1. The van der Waals surface area contributed by atoms with Gasteiger partial charge in [0.05, 0.1) is 30.8 Å². The number of nitrogens with one attached hydrogen (secondary N) is 2. The summed E-state index contributed by atoms with van der Waals surface area (Å²) in [5.41, 5.74) is 4.35. The van der Waals surface area contributed by atoms with Crippen molar-refractivity contribution in [2.24, 2.45) is 0 Å². The molecule has 1 aliphatic heterocycles. The number of ether oxygens (including phenoxy) is 1. The fourth-order valence-electron chi connectivity index (χ4n) is 3.17. The zero-order chi connectivity index (χ0) is 19.2. The van der Waals surface area contributed by atoms with Gasteiger partial charge in [-0.3, -0.25) is 0 Å². The molecule has 7 heteroatoms. The number of morpholine rings is 1. The summed E-state index contributed by atoms with van der Waals surface area (Å²) in [5.74, 6) is 1.10. The molecule has 0 bridgehead atoms. The molecule has 0 atom stereocenters. The van der Waals surface area contributed by atoms with E-state index in [0.717, 1.165) is 49.8 Å². The van der Waals surface area contributed by atoms with Crippen LogP contribution in [0.2, 0.25) is 0 Å². The second-order valence-corrected chi connectivity index (χ2v) is 6.58. The van der Waals surface area contributed by atoms with E-state index in [1.165, 1.54) is 5.56 Å². The Balaban J connectivity index is 1.50. The van der Waals surface area contributed by atoms with Gasteiger partial charge in [0, 0.05) is 18.8 Å². The highest BCUT2D eigenvalue weighted by Crippen LogP contribution is 2.28. The third kappa shape index (κ3) is 4.37. The third-order valence-electron chi connectivity index (χ3n) is 4.70. The van der Waals surface area contributed by atoms with Crippen LogP contribution in [0.1, 0.15) is 12.5 Å². The maximum Gasteiger partial charge on any atom is 0.249 e. The number of anilines is 5. The highest BCUT2D eigenvalue weighted by atomic mass is 16.5. The van der Waals surface area contributed by atoms with Crippen LogP contribution in [0.25, 0.3) is 0 Å². The average Bonchev–Trinajstić information content (AvgIpc) is 2.76. The van der Waals surface area contributed by atoms with Crippen molar-refractivity contribution in [1.82, 2.24) is 15.2 Å². The van der Waals surface area contributed by atoms with E-state index in [4.69, 9.17) is 4.74 Å². The third-order valence-corrected chi connectivity index (χ3v) is 4.70. The number of hydrogen-bond acceptors (Lipinski definition) is 7. The van der Waals surface area contributed by atoms with Crippen LogP contribution < -0.4 is 15.5 Å². The normalized spacial score (nSPS) is 14.0. The molecule has 2 N–H and O–H groups in total. The summed E-state index contributed by atoms with van der Waals surface area (Å²) in [7, 11) is 0. The second kappa shape index (κ2) is 8.67. The van der Waals surface area contributed by atoms with E-state index in [2.05, 4.69) is 55.8 Å². The van der Waals surface area contributed by atoms with E-state index in [9.17, 15) is 0 Å². The minimum absolute atomic E-state index is 0.457. The van der Waals surface area contributed by atoms with E-state index in [0.29, 0.717) is 11.8 Å². The van der Waals surface area contributed by atoms with E-state index >= 15 is 0 Å². The summed E-state index contributed by atoms with van der Waals surface area (Å²) in [6, 6.07) is 16.4. The van der Waals surface area contributed by atoms with Crippen molar-refractivity contribution in [3.8, 4) is 0 Å². The first kappa shape index (κ1) is 18.2. The molecule has 4 rings (SSSR count).